The van der Waals surface area contributed by atoms with Crippen LogP contribution in [0.15, 0.2) is 30.3 Å². The second-order valence-electron chi connectivity index (χ2n) is 4.90. The molecule has 0 aromatic heterocycles. The molecular weight excluding hydrogens is 322 g/mol. The standard InChI is InChI=1S/C15H18BrNO3/c16-10-14(18)13-6-8-17(9-7-13)15(19)20-11-12-4-2-1-3-5-12/h1-5,13H,6-11H2. The Balaban J connectivity index is 1.76. The predicted molar refractivity (Wildman–Crippen MR) is 79.7 cm³/mol. The molecule has 0 saturated carbocycles. The number of carbonyl (C=O) groups is 2. The molecule has 1 amide bonds. The summed E-state index contributed by atoms with van der Waals surface area (Å²) in [6, 6.07) is 9.61. The van der Waals surface area contributed by atoms with Crippen LogP contribution in [0.1, 0.15) is 18.4 Å². The predicted octanol–water partition coefficient (Wildman–Crippen LogP) is 3.00. The normalized spacial score (nSPS) is 15.9. The Bertz CT molecular complexity index is 455. The minimum absolute atomic E-state index is 0.0764. The fourth-order valence-corrected chi connectivity index (χ4v) is 2.76. The van der Waals surface area contributed by atoms with Gasteiger partial charge in [0.15, 0.2) is 0 Å². The number of hydrogen-bond acceptors (Lipinski definition) is 3. The van der Waals surface area contributed by atoms with Crippen LogP contribution in [0.2, 0.25) is 0 Å². The third kappa shape index (κ3) is 4.07. The Hall–Kier alpha value is -1.36. The third-order valence-electron chi connectivity index (χ3n) is 3.55. The van der Waals surface area contributed by atoms with Crippen LogP contribution in [-0.2, 0) is 16.1 Å². The van der Waals surface area contributed by atoms with E-state index in [1.807, 2.05) is 30.3 Å². The van der Waals surface area contributed by atoms with Gasteiger partial charge >= 0.3 is 6.09 Å². The zero-order chi connectivity index (χ0) is 14.4. The van der Waals surface area contributed by atoms with Gasteiger partial charge < -0.3 is 9.64 Å². The van der Waals surface area contributed by atoms with E-state index < -0.39 is 0 Å². The lowest BCUT2D eigenvalue weighted by atomic mass is 9.94. The highest BCUT2D eigenvalue weighted by Crippen LogP contribution is 2.19. The van der Waals surface area contributed by atoms with Gasteiger partial charge in [-0.1, -0.05) is 46.3 Å². The maximum absolute atomic E-state index is 11.9. The van der Waals surface area contributed by atoms with Gasteiger partial charge in [0, 0.05) is 19.0 Å². The lowest BCUT2D eigenvalue weighted by molar-refractivity contribution is -0.121. The number of alkyl halides is 1. The zero-order valence-electron chi connectivity index (χ0n) is 11.3. The first-order valence-corrected chi connectivity index (χ1v) is 7.87. The summed E-state index contributed by atoms with van der Waals surface area (Å²) in [6.07, 6.45) is 1.16. The molecule has 5 heteroatoms. The molecule has 1 fully saturated rings. The largest absolute Gasteiger partial charge is 0.445 e. The quantitative estimate of drug-likeness (QED) is 0.792. The van der Waals surface area contributed by atoms with Crippen molar-refractivity contribution in [3.63, 3.8) is 0 Å². The van der Waals surface area contributed by atoms with E-state index in [0.717, 1.165) is 18.4 Å². The summed E-state index contributed by atoms with van der Waals surface area (Å²) in [7, 11) is 0. The van der Waals surface area contributed by atoms with Crippen LogP contribution in [-0.4, -0.2) is 35.2 Å². The number of ether oxygens (including phenoxy) is 1. The minimum Gasteiger partial charge on any atom is -0.445 e. The number of carbonyl (C=O) groups excluding carboxylic acids is 2. The first kappa shape index (κ1) is 15.0. The van der Waals surface area contributed by atoms with Crippen molar-refractivity contribution in [3.05, 3.63) is 35.9 Å². The van der Waals surface area contributed by atoms with Gasteiger partial charge in [0.05, 0.1) is 5.33 Å². The fraction of sp³-hybridized carbons (Fsp3) is 0.467. The van der Waals surface area contributed by atoms with Gasteiger partial charge in [-0.25, -0.2) is 4.79 Å². The van der Waals surface area contributed by atoms with E-state index in [9.17, 15) is 9.59 Å². The molecule has 0 radical (unpaired) electrons. The third-order valence-corrected chi connectivity index (χ3v) is 4.10. The highest BCUT2D eigenvalue weighted by molar-refractivity contribution is 9.09. The van der Waals surface area contributed by atoms with Gasteiger partial charge in [-0.15, -0.1) is 0 Å². The summed E-state index contributed by atoms with van der Waals surface area (Å²) in [5.41, 5.74) is 0.977. The average Bonchev–Trinajstić information content (AvgIpc) is 2.53. The lowest BCUT2D eigenvalue weighted by Gasteiger charge is -2.30. The summed E-state index contributed by atoms with van der Waals surface area (Å²) in [5, 5.41) is 0.399. The molecule has 1 aliphatic rings. The molecule has 1 aliphatic heterocycles. The summed E-state index contributed by atoms with van der Waals surface area (Å²) < 4.78 is 5.28. The number of amides is 1. The van der Waals surface area contributed by atoms with Crippen molar-refractivity contribution in [1.82, 2.24) is 4.90 Å². The number of benzene rings is 1. The van der Waals surface area contributed by atoms with Crippen molar-refractivity contribution in [2.45, 2.75) is 19.4 Å². The van der Waals surface area contributed by atoms with Gasteiger partial charge in [-0.2, -0.15) is 0 Å². The Morgan fingerprint density at radius 3 is 2.45 bits per heavy atom. The number of Topliss-reactive ketones (excluding diaryl/α,β-unsaturated/α-hetero) is 1. The van der Waals surface area contributed by atoms with Gasteiger partial charge in [0.25, 0.3) is 0 Å². The molecule has 4 nitrogen and oxygen atoms in total. The second kappa shape index (κ2) is 7.43. The number of hydrogen-bond donors (Lipinski definition) is 0. The molecule has 2 rings (SSSR count). The van der Waals surface area contributed by atoms with Crippen LogP contribution in [0.25, 0.3) is 0 Å². The average molecular weight is 340 g/mol. The lowest BCUT2D eigenvalue weighted by Crippen LogP contribution is -2.40. The van der Waals surface area contributed by atoms with Crippen LogP contribution in [0, 0.1) is 5.92 Å². The van der Waals surface area contributed by atoms with Crippen molar-refractivity contribution < 1.29 is 14.3 Å². The molecule has 0 N–H and O–H groups in total. The topological polar surface area (TPSA) is 46.6 Å². The van der Waals surface area contributed by atoms with Crippen molar-refractivity contribution >= 4 is 27.8 Å². The fourth-order valence-electron chi connectivity index (χ4n) is 2.30. The first-order chi connectivity index (χ1) is 9.70. The monoisotopic (exact) mass is 339 g/mol. The molecule has 0 aliphatic carbocycles. The van der Waals surface area contributed by atoms with Crippen LogP contribution in [0.4, 0.5) is 4.79 Å². The number of nitrogens with zero attached hydrogens (tertiary/aromatic N) is 1. The Labute approximate surface area is 127 Å². The van der Waals surface area contributed by atoms with E-state index >= 15 is 0 Å². The summed E-state index contributed by atoms with van der Waals surface area (Å²) in [5.74, 6) is 0.301. The van der Waals surface area contributed by atoms with E-state index in [1.165, 1.54) is 0 Å². The number of halogens is 1. The zero-order valence-corrected chi connectivity index (χ0v) is 12.8. The first-order valence-electron chi connectivity index (χ1n) is 6.75. The molecule has 108 valence electrons. The summed E-state index contributed by atoms with van der Waals surface area (Å²) >= 11 is 3.19. The molecule has 0 unspecified atom stereocenters. The molecule has 20 heavy (non-hydrogen) atoms. The molecule has 1 heterocycles. The number of ketones is 1. The van der Waals surface area contributed by atoms with Crippen molar-refractivity contribution in [2.24, 2.45) is 5.92 Å². The van der Waals surface area contributed by atoms with E-state index in [0.29, 0.717) is 25.0 Å². The highest BCUT2D eigenvalue weighted by Gasteiger charge is 2.27. The molecule has 1 aromatic rings. The second-order valence-corrected chi connectivity index (χ2v) is 5.46. The minimum atomic E-state index is -0.293. The molecule has 0 spiro atoms. The number of piperidine rings is 1. The van der Waals surface area contributed by atoms with Crippen LogP contribution in [0.5, 0.6) is 0 Å². The molecule has 0 bridgehead atoms. The summed E-state index contributed by atoms with van der Waals surface area (Å²) in [6.45, 7) is 1.48. The number of likely N-dealkylation sites (tertiary alicyclic amines) is 1. The van der Waals surface area contributed by atoms with E-state index in [-0.39, 0.29) is 17.8 Å². The Kier molecular flexibility index (Phi) is 5.59. The van der Waals surface area contributed by atoms with E-state index in [4.69, 9.17) is 4.74 Å². The van der Waals surface area contributed by atoms with Crippen molar-refractivity contribution in [2.75, 3.05) is 18.4 Å². The van der Waals surface area contributed by atoms with Crippen LogP contribution >= 0.6 is 15.9 Å². The Morgan fingerprint density at radius 2 is 1.85 bits per heavy atom. The Morgan fingerprint density at radius 1 is 1.20 bits per heavy atom. The van der Waals surface area contributed by atoms with Crippen molar-refractivity contribution in [3.8, 4) is 0 Å². The van der Waals surface area contributed by atoms with Crippen molar-refractivity contribution in [1.29, 1.82) is 0 Å². The molecule has 0 atom stereocenters. The van der Waals surface area contributed by atoms with Gasteiger partial charge in [-0.3, -0.25) is 4.79 Å². The smallest absolute Gasteiger partial charge is 0.410 e. The SMILES string of the molecule is O=C(CBr)C1CCN(C(=O)OCc2ccccc2)CC1. The molecular formula is C15H18BrNO3. The maximum atomic E-state index is 11.9. The summed E-state index contributed by atoms with van der Waals surface area (Å²) in [4.78, 5) is 25.2. The van der Waals surface area contributed by atoms with Gasteiger partial charge in [-0.05, 0) is 18.4 Å². The van der Waals surface area contributed by atoms with E-state index in [1.54, 1.807) is 4.90 Å². The number of rotatable bonds is 4. The molecule has 1 saturated heterocycles. The van der Waals surface area contributed by atoms with E-state index in [2.05, 4.69) is 15.9 Å². The maximum Gasteiger partial charge on any atom is 0.410 e. The molecule has 1 aromatic carbocycles. The highest BCUT2D eigenvalue weighted by atomic mass is 79.9. The van der Waals surface area contributed by atoms with Gasteiger partial charge in [0.2, 0.25) is 0 Å². The van der Waals surface area contributed by atoms with Crippen LogP contribution in [0.3, 0.4) is 0 Å². The van der Waals surface area contributed by atoms with Gasteiger partial charge in [0.1, 0.15) is 12.4 Å². The van der Waals surface area contributed by atoms with Crippen LogP contribution < -0.4 is 0 Å².